The lowest BCUT2D eigenvalue weighted by molar-refractivity contribution is 0.0444. The van der Waals surface area contributed by atoms with Gasteiger partial charge in [0, 0.05) is 5.92 Å². The fourth-order valence-electron chi connectivity index (χ4n) is 2.33. The number of carbonyl (C=O) groups is 2. The van der Waals surface area contributed by atoms with Crippen molar-refractivity contribution in [2.75, 3.05) is 13.2 Å². The van der Waals surface area contributed by atoms with E-state index in [2.05, 4.69) is 5.32 Å². The average Bonchev–Trinajstić information content (AvgIpc) is 2.59. The van der Waals surface area contributed by atoms with Crippen molar-refractivity contribution in [2.24, 2.45) is 5.92 Å². The molecule has 0 radical (unpaired) electrons. The van der Waals surface area contributed by atoms with Crippen LogP contribution < -0.4 is 5.32 Å². The normalized spacial score (nSPS) is 14.3. The Morgan fingerprint density at radius 2 is 1.85 bits per heavy atom. The van der Waals surface area contributed by atoms with Gasteiger partial charge in [0.25, 0.3) is 0 Å². The molecule has 1 rings (SSSR count). The van der Waals surface area contributed by atoms with Gasteiger partial charge in [-0.05, 0) is 45.4 Å². The highest BCUT2D eigenvalue weighted by molar-refractivity contribution is 5.89. The number of aliphatic hydroxyl groups excluding tert-OH is 1. The number of allylic oxidation sites excluding steroid dienone is 1. The number of benzene rings is 1. The molecule has 0 saturated carbocycles. The molecule has 0 saturated heterocycles. The van der Waals surface area contributed by atoms with Crippen molar-refractivity contribution in [1.29, 1.82) is 0 Å². The minimum absolute atomic E-state index is 0.0812. The van der Waals surface area contributed by atoms with Crippen LogP contribution in [0.5, 0.6) is 0 Å². The third-order valence-electron chi connectivity index (χ3n) is 3.84. The highest BCUT2D eigenvalue weighted by Gasteiger charge is 2.25. The minimum atomic E-state index is -0.623. The SMILES string of the molecule is C/C=C(/COC(=O)c1ccccc1)[C@@H](C)[C@@H](CO)NC(=O)OC(C)(C)C. The number of hydrogen-bond donors (Lipinski definition) is 2. The molecule has 0 bridgehead atoms. The van der Waals surface area contributed by atoms with Crippen LogP contribution in [0.3, 0.4) is 0 Å². The molecule has 0 aliphatic heterocycles. The fraction of sp³-hybridized carbons (Fsp3) is 0.500. The van der Waals surface area contributed by atoms with Gasteiger partial charge < -0.3 is 19.9 Å². The number of ether oxygens (including phenoxy) is 2. The molecule has 1 aromatic rings. The zero-order valence-electron chi connectivity index (χ0n) is 16.1. The molecular weight excluding hydrogens is 334 g/mol. The third-order valence-corrected chi connectivity index (χ3v) is 3.84. The van der Waals surface area contributed by atoms with Gasteiger partial charge in [0.1, 0.15) is 12.2 Å². The van der Waals surface area contributed by atoms with Crippen molar-refractivity contribution in [3.63, 3.8) is 0 Å². The first-order valence-electron chi connectivity index (χ1n) is 8.65. The van der Waals surface area contributed by atoms with Gasteiger partial charge in [0.2, 0.25) is 0 Å². The Kier molecular flexibility index (Phi) is 8.32. The lowest BCUT2D eigenvalue weighted by Gasteiger charge is -2.27. The van der Waals surface area contributed by atoms with Gasteiger partial charge in [0.05, 0.1) is 18.2 Å². The third kappa shape index (κ3) is 7.27. The van der Waals surface area contributed by atoms with Crippen LogP contribution in [-0.2, 0) is 9.47 Å². The lowest BCUT2D eigenvalue weighted by Crippen LogP contribution is -2.45. The van der Waals surface area contributed by atoms with E-state index in [4.69, 9.17) is 9.47 Å². The van der Waals surface area contributed by atoms with Crippen LogP contribution in [0.1, 0.15) is 45.0 Å². The smallest absolute Gasteiger partial charge is 0.407 e. The number of aliphatic hydroxyl groups is 1. The van der Waals surface area contributed by atoms with Gasteiger partial charge in [-0.25, -0.2) is 9.59 Å². The topological polar surface area (TPSA) is 84.9 Å². The summed E-state index contributed by atoms with van der Waals surface area (Å²) in [6, 6.07) is 8.17. The summed E-state index contributed by atoms with van der Waals surface area (Å²) in [6.07, 6.45) is 1.22. The van der Waals surface area contributed by atoms with Gasteiger partial charge >= 0.3 is 12.1 Å². The second-order valence-electron chi connectivity index (χ2n) is 7.03. The van der Waals surface area contributed by atoms with E-state index in [0.29, 0.717) is 5.56 Å². The summed E-state index contributed by atoms with van der Waals surface area (Å²) >= 11 is 0. The maximum absolute atomic E-state index is 12.1. The number of rotatable bonds is 7. The largest absolute Gasteiger partial charge is 0.458 e. The molecule has 2 N–H and O–H groups in total. The molecule has 0 unspecified atom stereocenters. The van der Waals surface area contributed by atoms with Gasteiger partial charge in [-0.3, -0.25) is 0 Å². The molecule has 2 atom stereocenters. The lowest BCUT2D eigenvalue weighted by atomic mass is 9.93. The van der Waals surface area contributed by atoms with Crippen LogP contribution >= 0.6 is 0 Å². The van der Waals surface area contributed by atoms with Crippen LogP contribution in [0.2, 0.25) is 0 Å². The summed E-state index contributed by atoms with van der Waals surface area (Å²) in [5, 5.41) is 12.3. The molecule has 0 fully saturated rings. The van der Waals surface area contributed by atoms with E-state index in [1.165, 1.54) is 0 Å². The number of hydrogen-bond acceptors (Lipinski definition) is 5. The minimum Gasteiger partial charge on any atom is -0.458 e. The molecule has 26 heavy (non-hydrogen) atoms. The average molecular weight is 363 g/mol. The molecule has 0 heterocycles. The molecular formula is C20H29NO5. The van der Waals surface area contributed by atoms with E-state index >= 15 is 0 Å². The van der Waals surface area contributed by atoms with Gasteiger partial charge in [-0.1, -0.05) is 31.2 Å². The molecule has 6 heteroatoms. The Balaban J connectivity index is 2.66. The van der Waals surface area contributed by atoms with Crippen LogP contribution in [0, 0.1) is 5.92 Å². The van der Waals surface area contributed by atoms with Crippen molar-refractivity contribution in [3.8, 4) is 0 Å². The second-order valence-corrected chi connectivity index (χ2v) is 7.03. The summed E-state index contributed by atoms with van der Waals surface area (Å²) in [4.78, 5) is 24.0. The first-order chi connectivity index (χ1) is 12.2. The van der Waals surface area contributed by atoms with E-state index in [0.717, 1.165) is 5.57 Å². The Hall–Kier alpha value is -2.34. The highest BCUT2D eigenvalue weighted by atomic mass is 16.6. The number of nitrogens with one attached hydrogen (secondary N) is 1. The summed E-state index contributed by atoms with van der Waals surface area (Å²) in [5.41, 5.74) is 0.646. The standard InChI is InChI=1S/C20H29NO5/c1-6-15(13-25-18(23)16-10-8-7-9-11-16)14(2)17(12-22)21-19(24)26-20(3,4)5/h6-11,14,17,22H,12-13H2,1-5H3,(H,21,24)/b15-6-/t14-,17-/m1/s1. The van der Waals surface area contributed by atoms with Crippen LogP contribution in [-0.4, -0.2) is 42.0 Å². The summed E-state index contributed by atoms with van der Waals surface area (Å²) in [6.45, 7) is 8.80. The predicted octanol–water partition coefficient (Wildman–Crippen LogP) is 3.31. The maximum Gasteiger partial charge on any atom is 0.407 e. The van der Waals surface area contributed by atoms with E-state index in [1.54, 1.807) is 45.0 Å². The van der Waals surface area contributed by atoms with Crippen LogP contribution in [0.25, 0.3) is 0 Å². The molecule has 1 aromatic carbocycles. The quantitative estimate of drug-likeness (QED) is 0.573. The van der Waals surface area contributed by atoms with Crippen molar-refractivity contribution >= 4 is 12.1 Å². The van der Waals surface area contributed by atoms with Gasteiger partial charge in [0.15, 0.2) is 0 Å². The predicted molar refractivity (Wildman–Crippen MR) is 99.9 cm³/mol. The number of alkyl carbamates (subject to hydrolysis) is 1. The Bertz CT molecular complexity index is 619. The molecule has 1 amide bonds. The van der Waals surface area contributed by atoms with Crippen molar-refractivity contribution in [2.45, 2.75) is 46.3 Å². The van der Waals surface area contributed by atoms with Crippen molar-refractivity contribution < 1.29 is 24.2 Å². The summed E-state index contributed by atoms with van der Waals surface area (Å²) in [5.74, 6) is -0.654. The van der Waals surface area contributed by atoms with E-state index in [-0.39, 0.29) is 19.1 Å². The zero-order valence-corrected chi connectivity index (χ0v) is 16.1. The zero-order chi connectivity index (χ0) is 19.7. The van der Waals surface area contributed by atoms with Crippen LogP contribution in [0.15, 0.2) is 42.0 Å². The monoisotopic (exact) mass is 363 g/mol. The molecule has 0 aliphatic carbocycles. The Labute approximate surface area is 155 Å². The van der Waals surface area contributed by atoms with Crippen molar-refractivity contribution in [1.82, 2.24) is 5.32 Å². The maximum atomic E-state index is 12.1. The van der Waals surface area contributed by atoms with E-state index in [9.17, 15) is 14.7 Å². The van der Waals surface area contributed by atoms with E-state index in [1.807, 2.05) is 26.0 Å². The number of amides is 1. The number of esters is 1. The van der Waals surface area contributed by atoms with E-state index < -0.39 is 23.7 Å². The Morgan fingerprint density at radius 1 is 1.23 bits per heavy atom. The highest BCUT2D eigenvalue weighted by Crippen LogP contribution is 2.17. The van der Waals surface area contributed by atoms with Gasteiger partial charge in [-0.2, -0.15) is 0 Å². The first-order valence-corrected chi connectivity index (χ1v) is 8.65. The first kappa shape index (κ1) is 21.7. The number of carbonyl (C=O) groups excluding carboxylic acids is 2. The molecule has 144 valence electrons. The van der Waals surface area contributed by atoms with Crippen molar-refractivity contribution in [3.05, 3.63) is 47.5 Å². The molecule has 6 nitrogen and oxygen atoms in total. The van der Waals surface area contributed by atoms with Gasteiger partial charge in [-0.15, -0.1) is 0 Å². The fourth-order valence-corrected chi connectivity index (χ4v) is 2.33. The summed E-state index contributed by atoms with van der Waals surface area (Å²) < 4.78 is 10.6. The molecule has 0 spiro atoms. The second kappa shape index (κ2) is 9.97. The molecule has 0 aliphatic rings. The van der Waals surface area contributed by atoms with Crippen LogP contribution in [0.4, 0.5) is 4.79 Å². The molecule has 0 aromatic heterocycles. The Morgan fingerprint density at radius 3 is 2.35 bits per heavy atom. The summed E-state index contributed by atoms with van der Waals surface area (Å²) in [7, 11) is 0.